The highest BCUT2D eigenvalue weighted by atomic mass is 16.5. The molecule has 0 spiro atoms. The summed E-state index contributed by atoms with van der Waals surface area (Å²) in [5.74, 6) is 0.710. The van der Waals surface area contributed by atoms with E-state index in [0.29, 0.717) is 38.6 Å². The summed E-state index contributed by atoms with van der Waals surface area (Å²) in [4.78, 5) is 13.8. The minimum absolute atomic E-state index is 0.00496. The van der Waals surface area contributed by atoms with E-state index in [1.807, 2.05) is 24.3 Å². The molecular formula is C16H25N3O3. The fourth-order valence-electron chi connectivity index (χ4n) is 2.32. The standard InChI is InChI=1S/C16H25N3O3/c1-13(18-7-6-17)14-2-4-15(5-3-14)22-12-16(20)19-8-10-21-11-9-19/h2-5,13,18H,6-12,17H2,1H3. The molecule has 1 atom stereocenters. The topological polar surface area (TPSA) is 76.8 Å². The number of carbonyl (C=O) groups is 1. The van der Waals surface area contributed by atoms with Gasteiger partial charge >= 0.3 is 0 Å². The van der Waals surface area contributed by atoms with Crippen molar-refractivity contribution in [1.82, 2.24) is 10.2 Å². The summed E-state index contributed by atoms with van der Waals surface area (Å²) in [6, 6.07) is 8.03. The Bertz CT molecular complexity index is 458. The van der Waals surface area contributed by atoms with Crippen LogP contribution in [0.25, 0.3) is 0 Å². The van der Waals surface area contributed by atoms with Crippen LogP contribution < -0.4 is 15.8 Å². The summed E-state index contributed by atoms with van der Waals surface area (Å²) in [6.07, 6.45) is 0. The van der Waals surface area contributed by atoms with Gasteiger partial charge in [0, 0.05) is 32.2 Å². The molecule has 1 amide bonds. The number of ether oxygens (including phenoxy) is 2. The van der Waals surface area contributed by atoms with Crippen molar-refractivity contribution in [3.8, 4) is 5.75 Å². The molecule has 0 bridgehead atoms. The Hall–Kier alpha value is -1.63. The number of nitrogens with zero attached hydrogens (tertiary/aromatic N) is 1. The first-order valence-corrected chi connectivity index (χ1v) is 7.72. The number of benzene rings is 1. The second-order valence-corrected chi connectivity index (χ2v) is 5.32. The maximum atomic E-state index is 12.0. The molecule has 122 valence electrons. The van der Waals surface area contributed by atoms with Crippen LogP contribution in [-0.4, -0.2) is 56.8 Å². The molecule has 0 saturated carbocycles. The van der Waals surface area contributed by atoms with E-state index in [9.17, 15) is 4.79 Å². The highest BCUT2D eigenvalue weighted by Crippen LogP contribution is 2.17. The monoisotopic (exact) mass is 307 g/mol. The highest BCUT2D eigenvalue weighted by Gasteiger charge is 2.17. The lowest BCUT2D eigenvalue weighted by molar-refractivity contribution is -0.137. The Morgan fingerprint density at radius 2 is 2.05 bits per heavy atom. The maximum absolute atomic E-state index is 12.0. The minimum Gasteiger partial charge on any atom is -0.484 e. The second-order valence-electron chi connectivity index (χ2n) is 5.32. The number of rotatable bonds is 7. The van der Waals surface area contributed by atoms with E-state index >= 15 is 0 Å². The van der Waals surface area contributed by atoms with Gasteiger partial charge in [-0.3, -0.25) is 4.79 Å². The first-order chi connectivity index (χ1) is 10.7. The van der Waals surface area contributed by atoms with Crippen molar-refractivity contribution in [2.75, 3.05) is 46.0 Å². The molecule has 0 aliphatic carbocycles. The van der Waals surface area contributed by atoms with Crippen molar-refractivity contribution in [2.45, 2.75) is 13.0 Å². The summed E-state index contributed by atoms with van der Waals surface area (Å²) < 4.78 is 10.8. The Balaban J connectivity index is 1.79. The highest BCUT2D eigenvalue weighted by molar-refractivity contribution is 5.77. The first kappa shape index (κ1) is 16.7. The van der Waals surface area contributed by atoms with Gasteiger partial charge in [0.15, 0.2) is 6.61 Å². The number of amides is 1. The molecule has 22 heavy (non-hydrogen) atoms. The summed E-state index contributed by atoms with van der Waals surface area (Å²) in [7, 11) is 0. The molecule has 1 aliphatic rings. The second kappa shape index (κ2) is 8.73. The van der Waals surface area contributed by atoms with Crippen molar-refractivity contribution < 1.29 is 14.3 Å². The fraction of sp³-hybridized carbons (Fsp3) is 0.562. The van der Waals surface area contributed by atoms with E-state index in [2.05, 4.69) is 12.2 Å². The molecule has 1 aromatic carbocycles. The number of carbonyl (C=O) groups excluding carboxylic acids is 1. The van der Waals surface area contributed by atoms with Crippen molar-refractivity contribution in [2.24, 2.45) is 5.73 Å². The van der Waals surface area contributed by atoms with Crippen LogP contribution in [0.1, 0.15) is 18.5 Å². The maximum Gasteiger partial charge on any atom is 0.260 e. The number of nitrogens with one attached hydrogen (secondary N) is 1. The molecular weight excluding hydrogens is 282 g/mol. The average Bonchev–Trinajstić information content (AvgIpc) is 2.58. The molecule has 1 aromatic rings. The normalized spacial score (nSPS) is 16.4. The van der Waals surface area contributed by atoms with Crippen LogP contribution in [0.15, 0.2) is 24.3 Å². The summed E-state index contributed by atoms with van der Waals surface area (Å²) in [6.45, 7) is 6.07. The van der Waals surface area contributed by atoms with E-state index in [4.69, 9.17) is 15.2 Å². The van der Waals surface area contributed by atoms with Gasteiger partial charge in [-0.2, -0.15) is 0 Å². The third kappa shape index (κ3) is 4.98. The predicted octanol–water partition coefficient (Wildman–Crippen LogP) is 0.534. The first-order valence-electron chi connectivity index (χ1n) is 7.72. The van der Waals surface area contributed by atoms with Gasteiger partial charge in [-0.15, -0.1) is 0 Å². The van der Waals surface area contributed by atoms with Crippen molar-refractivity contribution in [1.29, 1.82) is 0 Å². The minimum atomic E-state index is 0.00496. The Morgan fingerprint density at radius 1 is 1.36 bits per heavy atom. The molecule has 0 aromatic heterocycles. The Labute approximate surface area is 131 Å². The van der Waals surface area contributed by atoms with E-state index in [0.717, 1.165) is 6.54 Å². The van der Waals surface area contributed by atoms with Crippen LogP contribution in [0.2, 0.25) is 0 Å². The number of hydrogen-bond acceptors (Lipinski definition) is 5. The zero-order valence-electron chi connectivity index (χ0n) is 13.1. The van der Waals surface area contributed by atoms with Crippen molar-refractivity contribution in [3.05, 3.63) is 29.8 Å². The molecule has 6 heteroatoms. The van der Waals surface area contributed by atoms with Gasteiger partial charge in [-0.05, 0) is 24.6 Å². The van der Waals surface area contributed by atoms with Crippen LogP contribution in [0.5, 0.6) is 5.75 Å². The number of morpholine rings is 1. The summed E-state index contributed by atoms with van der Waals surface area (Å²) in [5, 5.41) is 3.32. The fourth-order valence-corrected chi connectivity index (χ4v) is 2.32. The zero-order chi connectivity index (χ0) is 15.8. The zero-order valence-corrected chi connectivity index (χ0v) is 13.1. The van der Waals surface area contributed by atoms with Crippen molar-refractivity contribution >= 4 is 5.91 Å². The Kier molecular flexibility index (Phi) is 6.64. The van der Waals surface area contributed by atoms with Crippen LogP contribution in [-0.2, 0) is 9.53 Å². The van der Waals surface area contributed by atoms with Gasteiger partial charge in [0.25, 0.3) is 5.91 Å². The smallest absolute Gasteiger partial charge is 0.260 e. The quantitative estimate of drug-likeness (QED) is 0.768. The molecule has 2 rings (SSSR count). The lowest BCUT2D eigenvalue weighted by Crippen LogP contribution is -2.42. The van der Waals surface area contributed by atoms with Crippen molar-refractivity contribution in [3.63, 3.8) is 0 Å². The average molecular weight is 307 g/mol. The van der Waals surface area contributed by atoms with E-state index in [1.165, 1.54) is 5.56 Å². The molecule has 0 radical (unpaired) electrons. The van der Waals surface area contributed by atoms with Gasteiger partial charge < -0.3 is 25.4 Å². The predicted molar refractivity (Wildman–Crippen MR) is 84.8 cm³/mol. The largest absolute Gasteiger partial charge is 0.484 e. The molecule has 1 heterocycles. The van der Waals surface area contributed by atoms with Gasteiger partial charge in [-0.25, -0.2) is 0 Å². The van der Waals surface area contributed by atoms with Gasteiger partial charge in [0.05, 0.1) is 13.2 Å². The molecule has 6 nitrogen and oxygen atoms in total. The number of nitrogens with two attached hydrogens (primary N) is 1. The van der Waals surface area contributed by atoms with Crippen LogP contribution >= 0.6 is 0 Å². The third-order valence-electron chi connectivity index (χ3n) is 3.70. The van der Waals surface area contributed by atoms with Crippen LogP contribution in [0.3, 0.4) is 0 Å². The number of hydrogen-bond donors (Lipinski definition) is 2. The lowest BCUT2D eigenvalue weighted by atomic mass is 10.1. The van der Waals surface area contributed by atoms with Crippen LogP contribution in [0, 0.1) is 0 Å². The van der Waals surface area contributed by atoms with Gasteiger partial charge in [-0.1, -0.05) is 12.1 Å². The Morgan fingerprint density at radius 3 is 2.68 bits per heavy atom. The van der Waals surface area contributed by atoms with E-state index in [1.54, 1.807) is 4.90 Å². The summed E-state index contributed by atoms with van der Waals surface area (Å²) >= 11 is 0. The third-order valence-corrected chi connectivity index (χ3v) is 3.70. The molecule has 1 unspecified atom stereocenters. The molecule has 1 fully saturated rings. The SMILES string of the molecule is CC(NCCN)c1ccc(OCC(=O)N2CCOCC2)cc1. The van der Waals surface area contributed by atoms with Crippen LogP contribution in [0.4, 0.5) is 0 Å². The molecule has 3 N–H and O–H groups in total. The van der Waals surface area contributed by atoms with E-state index < -0.39 is 0 Å². The van der Waals surface area contributed by atoms with Gasteiger partial charge in [0.1, 0.15) is 5.75 Å². The van der Waals surface area contributed by atoms with Gasteiger partial charge in [0.2, 0.25) is 0 Å². The summed E-state index contributed by atoms with van der Waals surface area (Å²) in [5.41, 5.74) is 6.65. The molecule has 1 saturated heterocycles. The lowest BCUT2D eigenvalue weighted by Gasteiger charge is -2.26. The van der Waals surface area contributed by atoms with E-state index in [-0.39, 0.29) is 18.6 Å². The molecule has 1 aliphatic heterocycles.